The van der Waals surface area contributed by atoms with Crippen molar-refractivity contribution in [1.82, 2.24) is 5.32 Å². The van der Waals surface area contributed by atoms with E-state index in [9.17, 15) is 4.79 Å². The second-order valence-electron chi connectivity index (χ2n) is 5.11. The van der Waals surface area contributed by atoms with Gasteiger partial charge in [0.05, 0.1) is 0 Å². The van der Waals surface area contributed by atoms with Gasteiger partial charge in [-0.05, 0) is 36.1 Å². The standard InChI is InChI=1S/C18H18N2O/c1-2-13-7-10-15(11-8-13)19-18(21)20-17-12-9-14-5-3-4-6-16(14)17/h3-8,10-12H,2,9H2,1H3,(H2,19,20,21). The fourth-order valence-electron chi connectivity index (χ4n) is 2.51. The van der Waals surface area contributed by atoms with Crippen LogP contribution >= 0.6 is 0 Å². The number of nitrogens with one attached hydrogen (secondary N) is 2. The van der Waals surface area contributed by atoms with E-state index in [2.05, 4.69) is 23.6 Å². The van der Waals surface area contributed by atoms with Crippen molar-refractivity contribution in [3.63, 3.8) is 0 Å². The van der Waals surface area contributed by atoms with Gasteiger partial charge in [0, 0.05) is 16.9 Å². The third kappa shape index (κ3) is 2.97. The highest BCUT2D eigenvalue weighted by atomic mass is 16.2. The van der Waals surface area contributed by atoms with Gasteiger partial charge < -0.3 is 10.6 Å². The van der Waals surface area contributed by atoms with E-state index in [4.69, 9.17) is 0 Å². The molecule has 0 bridgehead atoms. The molecule has 0 aliphatic heterocycles. The fourth-order valence-corrected chi connectivity index (χ4v) is 2.51. The Hall–Kier alpha value is -2.55. The summed E-state index contributed by atoms with van der Waals surface area (Å²) < 4.78 is 0. The fraction of sp³-hybridized carbons (Fsp3) is 0.167. The Bertz CT molecular complexity index is 687. The summed E-state index contributed by atoms with van der Waals surface area (Å²) in [5.41, 5.74) is 5.30. The van der Waals surface area contributed by atoms with Crippen LogP contribution in [0.4, 0.5) is 10.5 Å². The molecular formula is C18H18N2O. The van der Waals surface area contributed by atoms with E-state index in [0.717, 1.165) is 29.8 Å². The molecule has 0 atom stereocenters. The van der Waals surface area contributed by atoms with E-state index in [1.165, 1.54) is 11.1 Å². The van der Waals surface area contributed by atoms with Crippen molar-refractivity contribution in [2.75, 3.05) is 5.32 Å². The maximum Gasteiger partial charge on any atom is 0.323 e. The second-order valence-corrected chi connectivity index (χ2v) is 5.11. The highest BCUT2D eigenvalue weighted by Crippen LogP contribution is 2.24. The molecule has 0 spiro atoms. The summed E-state index contributed by atoms with van der Waals surface area (Å²) in [5, 5.41) is 5.78. The van der Waals surface area contributed by atoms with Gasteiger partial charge in [-0.3, -0.25) is 0 Å². The van der Waals surface area contributed by atoms with Gasteiger partial charge in [0.15, 0.2) is 0 Å². The second kappa shape index (κ2) is 5.83. The number of anilines is 1. The van der Waals surface area contributed by atoms with Gasteiger partial charge in [0.1, 0.15) is 0 Å². The molecule has 1 aliphatic rings. The van der Waals surface area contributed by atoms with Gasteiger partial charge in [0.25, 0.3) is 0 Å². The number of allylic oxidation sites excluding steroid dienone is 1. The summed E-state index contributed by atoms with van der Waals surface area (Å²) in [6.45, 7) is 2.11. The lowest BCUT2D eigenvalue weighted by Gasteiger charge is -2.10. The van der Waals surface area contributed by atoms with Gasteiger partial charge in [-0.25, -0.2) is 4.79 Å². The molecule has 0 heterocycles. The third-order valence-electron chi connectivity index (χ3n) is 3.70. The number of amides is 2. The van der Waals surface area contributed by atoms with Crippen molar-refractivity contribution in [2.24, 2.45) is 0 Å². The highest BCUT2D eigenvalue weighted by Gasteiger charge is 2.15. The summed E-state index contributed by atoms with van der Waals surface area (Å²) in [7, 11) is 0. The Kier molecular flexibility index (Phi) is 3.73. The maximum atomic E-state index is 12.1. The maximum absolute atomic E-state index is 12.1. The molecule has 3 nitrogen and oxygen atoms in total. The number of benzene rings is 2. The van der Waals surface area contributed by atoms with Crippen molar-refractivity contribution < 1.29 is 4.79 Å². The minimum absolute atomic E-state index is 0.206. The van der Waals surface area contributed by atoms with Crippen molar-refractivity contribution in [1.29, 1.82) is 0 Å². The molecule has 2 aromatic carbocycles. The Labute approximate surface area is 124 Å². The topological polar surface area (TPSA) is 41.1 Å². The molecule has 2 N–H and O–H groups in total. The molecule has 2 amide bonds. The van der Waals surface area contributed by atoms with Crippen LogP contribution in [0.15, 0.2) is 54.6 Å². The molecule has 2 aromatic rings. The molecule has 106 valence electrons. The SMILES string of the molecule is CCc1ccc(NC(=O)NC2=CCc3ccccc32)cc1. The van der Waals surface area contributed by atoms with Gasteiger partial charge in [0.2, 0.25) is 0 Å². The van der Waals surface area contributed by atoms with Gasteiger partial charge in [-0.15, -0.1) is 0 Å². The van der Waals surface area contributed by atoms with E-state index in [1.807, 2.05) is 48.5 Å². The third-order valence-corrected chi connectivity index (χ3v) is 3.70. The monoisotopic (exact) mass is 278 g/mol. The normalized spacial score (nSPS) is 12.5. The van der Waals surface area contributed by atoms with Crippen LogP contribution in [0.3, 0.4) is 0 Å². The first-order valence-corrected chi connectivity index (χ1v) is 7.21. The van der Waals surface area contributed by atoms with Crippen LogP contribution in [0.25, 0.3) is 5.70 Å². The number of carbonyl (C=O) groups is 1. The predicted molar refractivity (Wildman–Crippen MR) is 86.1 cm³/mol. The summed E-state index contributed by atoms with van der Waals surface area (Å²) in [6.07, 6.45) is 3.91. The minimum Gasteiger partial charge on any atom is -0.308 e. The average molecular weight is 278 g/mol. The summed E-state index contributed by atoms with van der Waals surface area (Å²) in [6, 6.07) is 15.8. The van der Waals surface area contributed by atoms with Crippen LogP contribution in [-0.4, -0.2) is 6.03 Å². The van der Waals surface area contributed by atoms with E-state index in [1.54, 1.807) is 0 Å². The van der Waals surface area contributed by atoms with Gasteiger partial charge >= 0.3 is 6.03 Å². The Morgan fingerprint density at radius 2 is 1.81 bits per heavy atom. The molecule has 3 heteroatoms. The number of hydrogen-bond donors (Lipinski definition) is 2. The van der Waals surface area contributed by atoms with Crippen molar-refractivity contribution in [3.8, 4) is 0 Å². The van der Waals surface area contributed by atoms with E-state index >= 15 is 0 Å². The minimum atomic E-state index is -0.206. The van der Waals surface area contributed by atoms with Gasteiger partial charge in [-0.2, -0.15) is 0 Å². The van der Waals surface area contributed by atoms with Crippen LogP contribution in [0.5, 0.6) is 0 Å². The van der Waals surface area contributed by atoms with Crippen LogP contribution in [0.1, 0.15) is 23.6 Å². The molecule has 0 fully saturated rings. The zero-order valence-electron chi connectivity index (χ0n) is 12.0. The van der Waals surface area contributed by atoms with Crippen LogP contribution in [-0.2, 0) is 12.8 Å². The zero-order chi connectivity index (χ0) is 14.7. The molecule has 0 unspecified atom stereocenters. The van der Waals surface area contributed by atoms with Crippen LogP contribution in [0.2, 0.25) is 0 Å². The van der Waals surface area contributed by atoms with E-state index < -0.39 is 0 Å². The number of carbonyl (C=O) groups excluding carboxylic acids is 1. The van der Waals surface area contributed by atoms with Crippen molar-refractivity contribution >= 4 is 17.4 Å². The molecule has 0 aromatic heterocycles. The van der Waals surface area contributed by atoms with Crippen molar-refractivity contribution in [2.45, 2.75) is 19.8 Å². The summed E-state index contributed by atoms with van der Waals surface area (Å²) in [5.74, 6) is 0. The molecule has 21 heavy (non-hydrogen) atoms. The van der Waals surface area contributed by atoms with Crippen LogP contribution < -0.4 is 10.6 Å². The molecule has 0 radical (unpaired) electrons. The van der Waals surface area contributed by atoms with Gasteiger partial charge in [-0.1, -0.05) is 49.4 Å². The first-order valence-electron chi connectivity index (χ1n) is 7.21. The van der Waals surface area contributed by atoms with E-state index in [0.29, 0.717) is 0 Å². The first kappa shape index (κ1) is 13.4. The largest absolute Gasteiger partial charge is 0.323 e. The molecule has 3 rings (SSSR count). The number of hydrogen-bond acceptors (Lipinski definition) is 1. The summed E-state index contributed by atoms with van der Waals surface area (Å²) >= 11 is 0. The smallest absolute Gasteiger partial charge is 0.308 e. The zero-order valence-corrected chi connectivity index (χ0v) is 12.0. The number of aryl methyl sites for hydroxylation is 1. The Balaban J connectivity index is 1.65. The lowest BCUT2D eigenvalue weighted by Crippen LogP contribution is -2.26. The molecule has 1 aliphatic carbocycles. The quantitative estimate of drug-likeness (QED) is 0.876. The number of rotatable bonds is 3. The number of urea groups is 1. The Morgan fingerprint density at radius 3 is 2.57 bits per heavy atom. The lowest BCUT2D eigenvalue weighted by atomic mass is 10.1. The average Bonchev–Trinajstić information content (AvgIpc) is 2.91. The highest BCUT2D eigenvalue weighted by molar-refractivity contribution is 5.96. The van der Waals surface area contributed by atoms with Crippen LogP contribution in [0, 0.1) is 0 Å². The van der Waals surface area contributed by atoms with E-state index in [-0.39, 0.29) is 6.03 Å². The van der Waals surface area contributed by atoms with Crippen molar-refractivity contribution in [3.05, 3.63) is 71.3 Å². The summed E-state index contributed by atoms with van der Waals surface area (Å²) in [4.78, 5) is 12.1. The molecule has 0 saturated heterocycles. The number of fused-ring (bicyclic) bond motifs is 1. The first-order chi connectivity index (χ1) is 10.3. The predicted octanol–water partition coefficient (Wildman–Crippen LogP) is 3.97. The molecular weight excluding hydrogens is 260 g/mol. The lowest BCUT2D eigenvalue weighted by molar-refractivity contribution is 0.255. The molecule has 0 saturated carbocycles. The Morgan fingerprint density at radius 1 is 1.05 bits per heavy atom.